The number of hydrogen-bond donors (Lipinski definition) is 1. The number of hydrogen-bond acceptors (Lipinski definition) is 6. The van der Waals surface area contributed by atoms with Crippen LogP contribution < -0.4 is 5.32 Å². The highest BCUT2D eigenvalue weighted by atomic mass is 16.6. The quantitative estimate of drug-likeness (QED) is 0.333. The smallest absolute Gasteiger partial charge is 0.407 e. The zero-order valence-corrected chi connectivity index (χ0v) is 23.8. The molecule has 0 unspecified atom stereocenters. The summed E-state index contributed by atoms with van der Waals surface area (Å²) < 4.78 is 16.8. The van der Waals surface area contributed by atoms with Gasteiger partial charge in [-0.25, -0.2) is 4.79 Å². The molecule has 4 aliphatic carbocycles. The van der Waals surface area contributed by atoms with Gasteiger partial charge < -0.3 is 19.5 Å². The number of nitrogens with one attached hydrogen (secondary N) is 1. The highest BCUT2D eigenvalue weighted by molar-refractivity contribution is 5.67. The van der Waals surface area contributed by atoms with E-state index in [1.165, 1.54) is 32.6 Å². The van der Waals surface area contributed by atoms with E-state index in [1.54, 1.807) is 6.92 Å². The zero-order chi connectivity index (χ0) is 27.0. The van der Waals surface area contributed by atoms with Crippen LogP contribution in [0.1, 0.15) is 99.3 Å². The van der Waals surface area contributed by atoms with E-state index >= 15 is 0 Å². The standard InChI is InChI=1S/C30H49NO6/c1-7-35-28(34)31-15-12-18(2)23-8-9-24-27-25(11-14-30(23,24)6)29(5)13-10-22(36-19(3)32)16-21(29)17-26(27)37-20(4)33/h18,21-27H,7-17H2,1-6H3,(H,31,34)/t18-,21+,22-,23-,24+,25+,26-,27+,29+,30-/m1/s1. The second-order valence-electron chi connectivity index (χ2n) is 13.0. The van der Waals surface area contributed by atoms with Crippen LogP contribution >= 0.6 is 0 Å². The monoisotopic (exact) mass is 519 g/mol. The Labute approximate surface area is 223 Å². The van der Waals surface area contributed by atoms with Crippen LogP contribution in [0.4, 0.5) is 4.79 Å². The minimum atomic E-state index is -0.330. The molecule has 4 saturated carbocycles. The summed E-state index contributed by atoms with van der Waals surface area (Å²) in [6.07, 6.45) is 9.09. The van der Waals surface area contributed by atoms with Crippen LogP contribution in [-0.2, 0) is 23.8 Å². The maximum Gasteiger partial charge on any atom is 0.407 e. The van der Waals surface area contributed by atoms with Crippen molar-refractivity contribution in [3.8, 4) is 0 Å². The molecule has 0 spiro atoms. The van der Waals surface area contributed by atoms with Gasteiger partial charge in [0.25, 0.3) is 0 Å². The predicted octanol–water partition coefficient (Wildman–Crippen LogP) is 5.89. The Morgan fingerprint density at radius 2 is 1.59 bits per heavy atom. The van der Waals surface area contributed by atoms with E-state index in [0.717, 1.165) is 32.1 Å². The van der Waals surface area contributed by atoms with Gasteiger partial charge in [0.15, 0.2) is 0 Å². The highest BCUT2D eigenvalue weighted by Crippen LogP contribution is 2.68. The van der Waals surface area contributed by atoms with Crippen molar-refractivity contribution in [2.24, 2.45) is 46.3 Å². The van der Waals surface area contributed by atoms with Gasteiger partial charge in [-0.05, 0) is 105 Å². The van der Waals surface area contributed by atoms with E-state index in [0.29, 0.717) is 48.7 Å². The molecular formula is C30H49NO6. The van der Waals surface area contributed by atoms with Crippen LogP contribution in [0.15, 0.2) is 0 Å². The van der Waals surface area contributed by atoms with Gasteiger partial charge in [-0.1, -0.05) is 20.8 Å². The molecule has 210 valence electrons. The molecule has 4 fully saturated rings. The predicted molar refractivity (Wildman–Crippen MR) is 141 cm³/mol. The normalized spacial score (nSPS) is 41.4. The molecule has 0 aromatic carbocycles. The van der Waals surface area contributed by atoms with Gasteiger partial charge in [0.05, 0.1) is 6.61 Å². The van der Waals surface area contributed by atoms with Gasteiger partial charge in [-0.3, -0.25) is 9.59 Å². The molecule has 0 aromatic heterocycles. The minimum Gasteiger partial charge on any atom is -0.463 e. The van der Waals surface area contributed by atoms with Crippen LogP contribution in [0.25, 0.3) is 0 Å². The van der Waals surface area contributed by atoms with Crippen LogP contribution in [0.3, 0.4) is 0 Å². The fourth-order valence-electron chi connectivity index (χ4n) is 9.60. The Hall–Kier alpha value is -1.79. The molecule has 7 nitrogen and oxygen atoms in total. The molecule has 4 aliphatic rings. The first-order valence-corrected chi connectivity index (χ1v) is 14.7. The van der Waals surface area contributed by atoms with E-state index in [2.05, 4.69) is 26.1 Å². The summed E-state index contributed by atoms with van der Waals surface area (Å²) in [5.74, 6) is 2.61. The van der Waals surface area contributed by atoms with Crippen LogP contribution in [0.5, 0.6) is 0 Å². The van der Waals surface area contributed by atoms with Gasteiger partial charge in [0, 0.05) is 26.3 Å². The van der Waals surface area contributed by atoms with Gasteiger partial charge in [0.2, 0.25) is 0 Å². The third kappa shape index (κ3) is 5.52. The average molecular weight is 520 g/mol. The minimum absolute atomic E-state index is 0.0149. The number of fused-ring (bicyclic) bond motifs is 5. The molecule has 10 atom stereocenters. The molecular weight excluding hydrogens is 470 g/mol. The molecule has 1 amide bonds. The summed E-state index contributed by atoms with van der Waals surface area (Å²) in [6.45, 7) is 13.2. The van der Waals surface area contributed by atoms with Gasteiger partial charge >= 0.3 is 18.0 Å². The lowest BCUT2D eigenvalue weighted by atomic mass is 9.43. The average Bonchev–Trinajstić information content (AvgIpc) is 3.16. The molecule has 0 heterocycles. The number of carbonyl (C=O) groups is 3. The van der Waals surface area contributed by atoms with Crippen molar-refractivity contribution in [1.29, 1.82) is 0 Å². The molecule has 4 rings (SSSR count). The third-order valence-corrected chi connectivity index (χ3v) is 11.2. The number of rotatable bonds is 7. The lowest BCUT2D eigenvalue weighted by molar-refractivity contribution is -0.197. The third-order valence-electron chi connectivity index (χ3n) is 11.2. The molecule has 0 saturated heterocycles. The van der Waals surface area contributed by atoms with Gasteiger partial charge in [-0.2, -0.15) is 0 Å². The summed E-state index contributed by atoms with van der Waals surface area (Å²) in [5, 5.41) is 2.90. The van der Waals surface area contributed by atoms with E-state index in [-0.39, 0.29) is 41.1 Å². The molecule has 0 aliphatic heterocycles. The van der Waals surface area contributed by atoms with Crippen LogP contribution in [-0.4, -0.2) is 43.4 Å². The van der Waals surface area contributed by atoms with Crippen LogP contribution in [0, 0.1) is 46.3 Å². The summed E-state index contributed by atoms with van der Waals surface area (Å²) >= 11 is 0. The SMILES string of the molecule is CCOC(=O)NCC[C@@H](C)[C@H]1CC[C@H]2[C@@H]3[C@H](OC(C)=O)C[C@@H]4C[C@H](OC(C)=O)CC[C@]4(C)[C@H]3CC[C@]12C. The van der Waals surface area contributed by atoms with Crippen molar-refractivity contribution in [2.45, 2.75) is 112 Å². The number of amides is 1. The van der Waals surface area contributed by atoms with Gasteiger partial charge in [0.1, 0.15) is 12.2 Å². The molecule has 7 heteroatoms. The summed E-state index contributed by atoms with van der Waals surface area (Å²) in [6, 6.07) is 0. The number of esters is 2. The Morgan fingerprint density at radius 3 is 2.27 bits per heavy atom. The van der Waals surface area contributed by atoms with Crippen molar-refractivity contribution >= 4 is 18.0 Å². The number of carbonyl (C=O) groups excluding carboxylic acids is 3. The summed E-state index contributed by atoms with van der Waals surface area (Å²) in [4.78, 5) is 35.6. The maximum absolute atomic E-state index is 12.3. The first kappa shape index (κ1) is 28.2. The molecule has 0 aromatic rings. The molecule has 0 radical (unpaired) electrons. The second kappa shape index (κ2) is 11.1. The highest BCUT2D eigenvalue weighted by Gasteiger charge is 2.63. The van der Waals surface area contributed by atoms with E-state index < -0.39 is 0 Å². The zero-order valence-electron chi connectivity index (χ0n) is 23.8. The Bertz CT molecular complexity index is 861. The summed E-state index contributed by atoms with van der Waals surface area (Å²) in [5.41, 5.74) is 0.424. The Balaban J connectivity index is 1.51. The summed E-state index contributed by atoms with van der Waals surface area (Å²) in [7, 11) is 0. The van der Waals surface area contributed by atoms with Crippen molar-refractivity contribution in [3.63, 3.8) is 0 Å². The van der Waals surface area contributed by atoms with Gasteiger partial charge in [-0.15, -0.1) is 0 Å². The lowest BCUT2D eigenvalue weighted by Crippen LogP contribution is -2.59. The second-order valence-corrected chi connectivity index (χ2v) is 13.0. The van der Waals surface area contributed by atoms with Crippen molar-refractivity contribution in [2.75, 3.05) is 13.2 Å². The maximum atomic E-state index is 12.3. The number of alkyl carbamates (subject to hydrolysis) is 1. The molecule has 0 bridgehead atoms. The van der Waals surface area contributed by atoms with E-state index in [1.807, 2.05) is 6.92 Å². The van der Waals surface area contributed by atoms with E-state index in [9.17, 15) is 14.4 Å². The van der Waals surface area contributed by atoms with Crippen molar-refractivity contribution in [3.05, 3.63) is 0 Å². The van der Waals surface area contributed by atoms with Crippen molar-refractivity contribution < 1.29 is 28.6 Å². The topological polar surface area (TPSA) is 90.9 Å². The fraction of sp³-hybridized carbons (Fsp3) is 0.900. The largest absolute Gasteiger partial charge is 0.463 e. The molecule has 37 heavy (non-hydrogen) atoms. The van der Waals surface area contributed by atoms with E-state index in [4.69, 9.17) is 14.2 Å². The fourth-order valence-corrected chi connectivity index (χ4v) is 9.60. The first-order chi connectivity index (χ1) is 17.5. The van der Waals surface area contributed by atoms with Crippen molar-refractivity contribution in [1.82, 2.24) is 5.32 Å². The first-order valence-electron chi connectivity index (χ1n) is 14.7. The Morgan fingerprint density at radius 1 is 0.919 bits per heavy atom. The number of ether oxygens (including phenoxy) is 3. The molecule has 1 N–H and O–H groups in total. The lowest BCUT2D eigenvalue weighted by Gasteiger charge is -2.62. The van der Waals surface area contributed by atoms with Crippen LogP contribution in [0.2, 0.25) is 0 Å². The Kier molecular flexibility index (Phi) is 8.49.